The molecular weight excluding hydrogens is 337 g/mol. The van der Waals surface area contributed by atoms with Crippen LogP contribution in [0.5, 0.6) is 11.5 Å². The first-order valence-corrected chi connectivity index (χ1v) is 7.77. The van der Waals surface area contributed by atoms with Crippen molar-refractivity contribution in [1.29, 1.82) is 0 Å². The summed E-state index contributed by atoms with van der Waals surface area (Å²) in [5, 5.41) is 3.18. The lowest BCUT2D eigenvalue weighted by Crippen LogP contribution is -2.43. The van der Waals surface area contributed by atoms with Crippen LogP contribution in [-0.4, -0.2) is 37.1 Å². The number of hydrogen-bond donors (Lipinski definition) is 1. The Kier molecular flexibility index (Phi) is 5.40. The van der Waals surface area contributed by atoms with Crippen LogP contribution in [0.2, 0.25) is 0 Å². The largest absolute Gasteiger partial charge is 0.573 e. The minimum atomic E-state index is -4.80. The minimum absolute atomic E-state index is 0.0235. The molecule has 1 aliphatic heterocycles. The van der Waals surface area contributed by atoms with Crippen molar-refractivity contribution in [3.05, 3.63) is 54.4 Å². The average molecular weight is 354 g/mol. The quantitative estimate of drug-likeness (QED) is 0.894. The zero-order valence-electron chi connectivity index (χ0n) is 13.2. The Labute approximate surface area is 142 Å². The first-order chi connectivity index (χ1) is 12.0. The number of nitrogens with one attached hydrogen (secondary N) is 1. The van der Waals surface area contributed by atoms with Gasteiger partial charge in [-0.1, -0.05) is 18.2 Å². The average Bonchev–Trinajstić information content (AvgIpc) is 2.61. The number of benzene rings is 1. The second-order valence-electron chi connectivity index (χ2n) is 5.40. The summed E-state index contributed by atoms with van der Waals surface area (Å²) in [7, 11) is 0. The van der Waals surface area contributed by atoms with Gasteiger partial charge in [-0.2, -0.15) is 0 Å². The summed E-state index contributed by atoms with van der Waals surface area (Å²) in [6.07, 6.45) is -4.27. The molecule has 2 heterocycles. The highest BCUT2D eigenvalue weighted by atomic mass is 19.4. The third-order valence-electron chi connectivity index (χ3n) is 3.60. The van der Waals surface area contributed by atoms with Gasteiger partial charge in [-0.05, 0) is 24.3 Å². The number of aromatic nitrogens is 1. The van der Waals surface area contributed by atoms with Gasteiger partial charge in [-0.3, -0.25) is 4.98 Å². The molecule has 1 aliphatic rings. The standard InChI is InChI=1S/C17H17F3N2O3/c18-17(19,20)25-14-7-2-1-6-13(14)24-16(12-5-3-4-8-22-12)15-11-21-9-10-23-15/h1-8,15-16,21H,9-11H2/t15-,16?/m0/s1. The Morgan fingerprint density at radius 3 is 2.52 bits per heavy atom. The van der Waals surface area contributed by atoms with Crippen LogP contribution in [0.15, 0.2) is 48.7 Å². The molecule has 5 nitrogen and oxygen atoms in total. The van der Waals surface area contributed by atoms with E-state index in [0.717, 1.165) is 0 Å². The third-order valence-corrected chi connectivity index (χ3v) is 3.60. The van der Waals surface area contributed by atoms with E-state index < -0.39 is 18.2 Å². The Hall–Kier alpha value is -2.32. The first kappa shape index (κ1) is 17.5. The van der Waals surface area contributed by atoms with Gasteiger partial charge in [0.15, 0.2) is 17.6 Å². The molecule has 0 saturated carbocycles. The molecule has 1 aromatic carbocycles. The fraction of sp³-hybridized carbons (Fsp3) is 0.353. The molecular formula is C17H17F3N2O3. The van der Waals surface area contributed by atoms with Gasteiger partial charge < -0.3 is 19.5 Å². The molecule has 2 aromatic rings. The summed E-state index contributed by atoms with van der Waals surface area (Å²) in [4.78, 5) is 4.26. The van der Waals surface area contributed by atoms with Crippen LogP contribution in [0.1, 0.15) is 11.8 Å². The highest BCUT2D eigenvalue weighted by molar-refractivity contribution is 5.40. The Balaban J connectivity index is 1.88. The van der Waals surface area contributed by atoms with E-state index in [4.69, 9.17) is 9.47 Å². The lowest BCUT2D eigenvalue weighted by atomic mass is 10.1. The number of hydrogen-bond acceptors (Lipinski definition) is 5. The van der Waals surface area contributed by atoms with E-state index in [1.165, 1.54) is 18.2 Å². The summed E-state index contributed by atoms with van der Waals surface area (Å²) < 4.78 is 53.5. The van der Waals surface area contributed by atoms with Crippen LogP contribution in [0.3, 0.4) is 0 Å². The van der Waals surface area contributed by atoms with Gasteiger partial charge in [0.05, 0.1) is 12.3 Å². The SMILES string of the molecule is FC(F)(F)Oc1ccccc1OC(c1ccccn1)[C@@H]1CNCCO1. The summed E-state index contributed by atoms with van der Waals surface area (Å²) in [5.41, 5.74) is 0.568. The number of alkyl halides is 3. The van der Waals surface area contributed by atoms with Crippen LogP contribution >= 0.6 is 0 Å². The monoisotopic (exact) mass is 354 g/mol. The summed E-state index contributed by atoms with van der Waals surface area (Å²) >= 11 is 0. The van der Waals surface area contributed by atoms with Gasteiger partial charge in [0.2, 0.25) is 0 Å². The maximum atomic E-state index is 12.6. The topological polar surface area (TPSA) is 52.6 Å². The first-order valence-electron chi connectivity index (χ1n) is 7.77. The molecule has 1 saturated heterocycles. The molecule has 0 radical (unpaired) electrons. The second kappa shape index (κ2) is 7.71. The second-order valence-corrected chi connectivity index (χ2v) is 5.40. The van der Waals surface area contributed by atoms with Crippen LogP contribution in [0, 0.1) is 0 Å². The van der Waals surface area contributed by atoms with Crippen molar-refractivity contribution in [2.45, 2.75) is 18.6 Å². The van der Waals surface area contributed by atoms with Crippen molar-refractivity contribution in [3.8, 4) is 11.5 Å². The van der Waals surface area contributed by atoms with Gasteiger partial charge in [0.25, 0.3) is 0 Å². The Bertz CT molecular complexity index is 676. The molecule has 3 rings (SSSR count). The van der Waals surface area contributed by atoms with Gasteiger partial charge in [0.1, 0.15) is 6.10 Å². The summed E-state index contributed by atoms with van der Waals surface area (Å²) in [5.74, 6) is -0.427. The predicted molar refractivity (Wildman–Crippen MR) is 83.3 cm³/mol. The van der Waals surface area contributed by atoms with E-state index in [2.05, 4.69) is 15.0 Å². The molecule has 8 heteroatoms. The highest BCUT2D eigenvalue weighted by Crippen LogP contribution is 2.35. The number of morpholine rings is 1. The van der Waals surface area contributed by atoms with E-state index in [-0.39, 0.29) is 11.9 Å². The number of halogens is 3. The Morgan fingerprint density at radius 1 is 1.12 bits per heavy atom. The van der Waals surface area contributed by atoms with Crippen molar-refractivity contribution >= 4 is 0 Å². The van der Waals surface area contributed by atoms with E-state index >= 15 is 0 Å². The normalized spacial score (nSPS) is 19.2. The molecule has 0 bridgehead atoms. The minimum Gasteiger partial charge on any atom is -0.477 e. The predicted octanol–water partition coefficient (Wildman–Crippen LogP) is 3.09. The molecule has 1 unspecified atom stereocenters. The van der Waals surface area contributed by atoms with Crippen molar-refractivity contribution in [1.82, 2.24) is 10.3 Å². The van der Waals surface area contributed by atoms with Crippen LogP contribution in [0.4, 0.5) is 13.2 Å². The Morgan fingerprint density at radius 2 is 1.88 bits per heavy atom. The van der Waals surface area contributed by atoms with Crippen molar-refractivity contribution < 1.29 is 27.4 Å². The van der Waals surface area contributed by atoms with Gasteiger partial charge in [-0.25, -0.2) is 0 Å². The molecule has 134 valence electrons. The number of nitrogens with zero attached hydrogens (tertiary/aromatic N) is 1. The fourth-order valence-corrected chi connectivity index (χ4v) is 2.54. The summed E-state index contributed by atoms with van der Waals surface area (Å²) in [6, 6.07) is 10.9. The van der Waals surface area contributed by atoms with Crippen LogP contribution in [-0.2, 0) is 4.74 Å². The molecule has 1 N–H and O–H groups in total. The third kappa shape index (κ3) is 4.83. The van der Waals surface area contributed by atoms with Crippen LogP contribution < -0.4 is 14.8 Å². The molecule has 1 fully saturated rings. The zero-order valence-corrected chi connectivity index (χ0v) is 13.2. The van der Waals surface area contributed by atoms with Crippen molar-refractivity contribution in [2.75, 3.05) is 19.7 Å². The summed E-state index contributed by atoms with van der Waals surface area (Å²) in [6.45, 7) is 1.70. The lowest BCUT2D eigenvalue weighted by Gasteiger charge is -2.31. The van der Waals surface area contributed by atoms with Gasteiger partial charge >= 0.3 is 6.36 Å². The van der Waals surface area contributed by atoms with E-state index in [9.17, 15) is 13.2 Å². The number of rotatable bonds is 5. The number of para-hydroxylation sites is 2. The van der Waals surface area contributed by atoms with E-state index in [1.807, 2.05) is 0 Å². The molecule has 25 heavy (non-hydrogen) atoms. The van der Waals surface area contributed by atoms with E-state index in [1.54, 1.807) is 30.5 Å². The molecule has 2 atom stereocenters. The van der Waals surface area contributed by atoms with Crippen LogP contribution in [0.25, 0.3) is 0 Å². The van der Waals surface area contributed by atoms with Crippen molar-refractivity contribution in [2.24, 2.45) is 0 Å². The highest BCUT2D eigenvalue weighted by Gasteiger charge is 2.34. The lowest BCUT2D eigenvalue weighted by molar-refractivity contribution is -0.275. The molecule has 0 spiro atoms. The molecule has 0 amide bonds. The van der Waals surface area contributed by atoms with Gasteiger partial charge in [-0.15, -0.1) is 13.2 Å². The van der Waals surface area contributed by atoms with E-state index in [0.29, 0.717) is 25.4 Å². The maximum Gasteiger partial charge on any atom is 0.573 e. The van der Waals surface area contributed by atoms with Crippen molar-refractivity contribution in [3.63, 3.8) is 0 Å². The maximum absolute atomic E-state index is 12.6. The zero-order chi connectivity index (χ0) is 17.7. The number of ether oxygens (including phenoxy) is 3. The fourth-order valence-electron chi connectivity index (χ4n) is 2.54. The molecule has 1 aromatic heterocycles. The smallest absolute Gasteiger partial charge is 0.477 e. The molecule has 0 aliphatic carbocycles. The number of pyridine rings is 1. The van der Waals surface area contributed by atoms with Gasteiger partial charge in [0, 0.05) is 19.3 Å².